The summed E-state index contributed by atoms with van der Waals surface area (Å²) >= 11 is 5.94. The standard InChI is InChI=1S/C20H24FN3O.C15H21ClN2O.C6H6FN/c1-20(2,3)12-14(25)7-8-17-15-5-4-6-16(15)23-19(24-17)18-11-13(21)9-10-22-18;1-15(2,3)9-10(19)7-8-13-11-5-4-6-12(11)17-14(16)18-13;1-5-4-6(7)2-3-8-5/h9-11H,4-8,12H2,1-3H3;4-9H2,1-3H3;2-4H,1H3. The van der Waals surface area contributed by atoms with Crippen LogP contribution in [0.15, 0.2) is 36.7 Å². The van der Waals surface area contributed by atoms with Crippen LogP contribution in [0.25, 0.3) is 11.5 Å². The molecule has 0 unspecified atom stereocenters. The van der Waals surface area contributed by atoms with Crippen molar-refractivity contribution in [1.29, 1.82) is 0 Å². The summed E-state index contributed by atoms with van der Waals surface area (Å²) in [4.78, 5) is 50.0. The molecular weight excluding hydrogens is 682 g/mol. The Morgan fingerprint density at radius 1 is 0.692 bits per heavy atom. The summed E-state index contributed by atoms with van der Waals surface area (Å²) in [5.74, 6) is 0.434. The number of hydrogen-bond donors (Lipinski definition) is 0. The SMILES string of the molecule is CC(C)(C)CC(=O)CCc1nc(-c2cc(F)ccn2)nc2c1CCC2.CC(C)(C)CC(=O)CCc1nc(Cl)nc2c1CCC2.Cc1cc(F)ccn1. The molecule has 52 heavy (non-hydrogen) atoms. The van der Waals surface area contributed by atoms with Gasteiger partial charge in [0.05, 0.1) is 0 Å². The van der Waals surface area contributed by atoms with Crippen LogP contribution in [0.2, 0.25) is 5.28 Å². The lowest BCUT2D eigenvalue weighted by Gasteiger charge is -2.17. The highest BCUT2D eigenvalue weighted by Gasteiger charge is 2.23. The van der Waals surface area contributed by atoms with Gasteiger partial charge in [-0.2, -0.15) is 0 Å². The van der Waals surface area contributed by atoms with Gasteiger partial charge in [-0.05, 0) is 110 Å². The van der Waals surface area contributed by atoms with Crippen LogP contribution in [-0.4, -0.2) is 41.5 Å². The largest absolute Gasteiger partial charge is 0.300 e. The average molecular weight is 733 g/mol. The number of hydrogen-bond acceptors (Lipinski definition) is 8. The summed E-state index contributed by atoms with van der Waals surface area (Å²) in [7, 11) is 0. The lowest BCUT2D eigenvalue weighted by Crippen LogP contribution is -2.14. The van der Waals surface area contributed by atoms with Crippen molar-refractivity contribution >= 4 is 23.2 Å². The number of Topliss-reactive ketones (excluding diaryl/α,β-unsaturated/α-hetero) is 2. The molecule has 4 aromatic heterocycles. The number of halogens is 3. The van der Waals surface area contributed by atoms with Crippen molar-refractivity contribution in [1.82, 2.24) is 29.9 Å². The zero-order valence-electron chi connectivity index (χ0n) is 31.6. The van der Waals surface area contributed by atoms with E-state index in [2.05, 4.69) is 71.4 Å². The smallest absolute Gasteiger partial charge is 0.222 e. The second-order valence-corrected chi connectivity index (χ2v) is 16.4. The highest BCUT2D eigenvalue weighted by molar-refractivity contribution is 6.28. The molecule has 0 aliphatic heterocycles. The van der Waals surface area contributed by atoms with Crippen LogP contribution >= 0.6 is 11.6 Å². The third-order valence-electron chi connectivity index (χ3n) is 8.56. The topological polar surface area (TPSA) is 111 Å². The third-order valence-corrected chi connectivity index (χ3v) is 8.73. The maximum Gasteiger partial charge on any atom is 0.222 e. The van der Waals surface area contributed by atoms with Gasteiger partial charge in [0.15, 0.2) is 5.82 Å². The molecule has 4 aromatic rings. The lowest BCUT2D eigenvalue weighted by molar-refractivity contribution is -0.121. The Bertz CT molecular complexity index is 1850. The zero-order chi connectivity index (χ0) is 38.1. The fourth-order valence-electron chi connectivity index (χ4n) is 6.43. The van der Waals surface area contributed by atoms with Crippen LogP contribution in [0.4, 0.5) is 8.78 Å². The van der Waals surface area contributed by atoms with Crippen molar-refractivity contribution in [3.05, 3.63) is 93.2 Å². The number of rotatable bonds is 9. The molecule has 2 aliphatic carbocycles. The minimum absolute atomic E-state index is 0.00134. The Morgan fingerprint density at radius 3 is 1.67 bits per heavy atom. The Hall–Kier alpha value is -4.05. The Kier molecular flexibility index (Phi) is 14.2. The molecule has 11 heteroatoms. The van der Waals surface area contributed by atoms with Gasteiger partial charge in [0.2, 0.25) is 5.28 Å². The number of aromatic nitrogens is 6. The van der Waals surface area contributed by atoms with E-state index in [4.69, 9.17) is 11.6 Å². The molecule has 6 rings (SSSR count). The van der Waals surface area contributed by atoms with E-state index in [0.29, 0.717) is 66.8 Å². The summed E-state index contributed by atoms with van der Waals surface area (Å²) in [6.07, 6.45) is 12.4. The average Bonchev–Trinajstić information content (AvgIpc) is 3.71. The van der Waals surface area contributed by atoms with Crippen molar-refractivity contribution in [2.45, 2.75) is 126 Å². The van der Waals surface area contributed by atoms with Crippen LogP contribution in [0.5, 0.6) is 0 Å². The maximum atomic E-state index is 13.5. The van der Waals surface area contributed by atoms with E-state index < -0.39 is 0 Å². The number of ketones is 2. The van der Waals surface area contributed by atoms with Crippen molar-refractivity contribution in [3.63, 3.8) is 0 Å². The molecule has 0 spiro atoms. The van der Waals surface area contributed by atoms with Gasteiger partial charge in [0.1, 0.15) is 28.9 Å². The fourth-order valence-corrected chi connectivity index (χ4v) is 6.63. The Balaban J connectivity index is 0.000000197. The number of carbonyl (C=O) groups is 2. The first kappa shape index (κ1) is 40.7. The first-order valence-electron chi connectivity index (χ1n) is 18.1. The monoisotopic (exact) mass is 732 g/mol. The number of fused-ring (bicyclic) bond motifs is 2. The second kappa shape index (κ2) is 18.1. The van der Waals surface area contributed by atoms with Gasteiger partial charge >= 0.3 is 0 Å². The minimum Gasteiger partial charge on any atom is -0.300 e. The molecule has 4 heterocycles. The van der Waals surface area contributed by atoms with Crippen LogP contribution in [0.1, 0.15) is 120 Å². The van der Waals surface area contributed by atoms with E-state index in [1.165, 1.54) is 47.8 Å². The predicted octanol–water partition coefficient (Wildman–Crippen LogP) is 9.19. The van der Waals surface area contributed by atoms with Crippen LogP contribution in [-0.2, 0) is 48.1 Å². The van der Waals surface area contributed by atoms with Gasteiger partial charge < -0.3 is 0 Å². The number of pyridine rings is 2. The van der Waals surface area contributed by atoms with Crippen molar-refractivity contribution in [3.8, 4) is 11.5 Å². The summed E-state index contributed by atoms with van der Waals surface area (Å²) in [6.45, 7) is 14.2. The minimum atomic E-state index is -0.351. The highest BCUT2D eigenvalue weighted by atomic mass is 35.5. The molecule has 0 atom stereocenters. The quantitative estimate of drug-likeness (QED) is 0.157. The van der Waals surface area contributed by atoms with Crippen LogP contribution in [0.3, 0.4) is 0 Å². The van der Waals surface area contributed by atoms with E-state index in [-0.39, 0.29) is 28.2 Å². The third kappa shape index (κ3) is 13.2. The van der Waals surface area contributed by atoms with Gasteiger partial charge in [-0.3, -0.25) is 19.6 Å². The van der Waals surface area contributed by atoms with Gasteiger partial charge in [0.25, 0.3) is 0 Å². The molecule has 0 aromatic carbocycles. The predicted molar refractivity (Wildman–Crippen MR) is 200 cm³/mol. The molecule has 2 aliphatic rings. The molecule has 0 saturated heterocycles. The van der Waals surface area contributed by atoms with Crippen LogP contribution in [0, 0.1) is 29.4 Å². The first-order valence-corrected chi connectivity index (χ1v) is 18.5. The molecule has 0 saturated carbocycles. The maximum absolute atomic E-state index is 13.5. The van der Waals surface area contributed by atoms with Gasteiger partial charge in [-0.15, -0.1) is 0 Å². The number of carbonyl (C=O) groups excluding carboxylic acids is 2. The molecule has 0 bridgehead atoms. The van der Waals surface area contributed by atoms with E-state index in [0.717, 1.165) is 61.3 Å². The second-order valence-electron chi connectivity index (χ2n) is 16.0. The van der Waals surface area contributed by atoms with E-state index >= 15 is 0 Å². The van der Waals surface area contributed by atoms with Gasteiger partial charge in [0, 0.05) is 72.6 Å². The molecule has 0 N–H and O–H groups in total. The number of aryl methyl sites for hydroxylation is 5. The van der Waals surface area contributed by atoms with E-state index in [1.807, 2.05) is 0 Å². The summed E-state index contributed by atoms with van der Waals surface area (Å²) in [5.41, 5.74) is 7.62. The molecule has 0 radical (unpaired) electrons. The first-order chi connectivity index (χ1) is 24.5. The zero-order valence-corrected chi connectivity index (χ0v) is 32.3. The molecule has 8 nitrogen and oxygen atoms in total. The normalized spacial score (nSPS) is 13.3. The van der Waals surface area contributed by atoms with Gasteiger partial charge in [-0.25, -0.2) is 28.7 Å². The summed E-state index contributed by atoms with van der Waals surface area (Å²) < 4.78 is 25.6. The summed E-state index contributed by atoms with van der Waals surface area (Å²) in [6, 6.07) is 5.38. The van der Waals surface area contributed by atoms with E-state index in [1.54, 1.807) is 6.92 Å². The highest BCUT2D eigenvalue weighted by Crippen LogP contribution is 2.28. The lowest BCUT2D eigenvalue weighted by atomic mass is 9.88. The van der Waals surface area contributed by atoms with Crippen molar-refractivity contribution in [2.24, 2.45) is 10.8 Å². The molecule has 278 valence electrons. The van der Waals surface area contributed by atoms with E-state index in [9.17, 15) is 18.4 Å². The Morgan fingerprint density at radius 2 is 1.19 bits per heavy atom. The van der Waals surface area contributed by atoms with Crippen LogP contribution < -0.4 is 0 Å². The summed E-state index contributed by atoms with van der Waals surface area (Å²) in [5, 5.41) is 0.318. The fraction of sp³-hybridized carbons (Fsp3) is 0.512. The molecule has 0 amide bonds. The van der Waals surface area contributed by atoms with Crippen molar-refractivity contribution in [2.75, 3.05) is 0 Å². The molecular formula is C41H51ClF2N6O2. The number of nitrogens with zero attached hydrogens (tertiary/aromatic N) is 6. The van der Waals surface area contributed by atoms with Crippen molar-refractivity contribution < 1.29 is 18.4 Å². The van der Waals surface area contributed by atoms with Gasteiger partial charge in [-0.1, -0.05) is 41.5 Å². The molecule has 0 fully saturated rings. The Labute approximate surface area is 311 Å².